The molecule has 0 aliphatic carbocycles. The van der Waals surface area contributed by atoms with Gasteiger partial charge < -0.3 is 9.47 Å². The first-order valence-electron chi connectivity index (χ1n) is 11.7. The number of benzene rings is 4. The number of ether oxygens (including phenoxy) is 2. The Kier molecular flexibility index (Phi) is 7.92. The van der Waals surface area contributed by atoms with Gasteiger partial charge in [-0.2, -0.15) is 36.9 Å². The van der Waals surface area contributed by atoms with Gasteiger partial charge in [0.15, 0.2) is 0 Å². The van der Waals surface area contributed by atoms with Crippen molar-refractivity contribution in [1.82, 2.24) is 0 Å². The summed E-state index contributed by atoms with van der Waals surface area (Å²) in [7, 11) is 0. The number of alkyl halides is 6. The monoisotopic (exact) mass is 586 g/mol. The van der Waals surface area contributed by atoms with Crippen molar-refractivity contribution in [3.05, 3.63) is 118 Å². The Balaban J connectivity index is 1.76. The molecule has 0 saturated heterocycles. The fraction of sp³-hybridized carbons (Fsp3) is 0.133. The molecule has 11 heteroatoms. The van der Waals surface area contributed by atoms with Crippen LogP contribution in [0.1, 0.15) is 27.8 Å². The van der Waals surface area contributed by atoms with Crippen LogP contribution in [0.15, 0.2) is 84.9 Å². The molecule has 0 spiro atoms. The Morgan fingerprint density at radius 2 is 1.02 bits per heavy atom. The normalized spacial score (nSPS) is 11.9. The molecular formula is C30H17ClF6N2O2. The summed E-state index contributed by atoms with van der Waals surface area (Å²) in [6, 6.07) is 19.3. The topological polar surface area (TPSA) is 66.0 Å². The Bertz CT molecular complexity index is 1530. The first-order chi connectivity index (χ1) is 19.3. The van der Waals surface area contributed by atoms with Crippen LogP contribution >= 0.6 is 11.6 Å². The Labute approximate surface area is 235 Å². The van der Waals surface area contributed by atoms with Crippen molar-refractivity contribution in [2.45, 2.75) is 24.7 Å². The van der Waals surface area contributed by atoms with Crippen molar-refractivity contribution in [2.75, 3.05) is 0 Å². The molecule has 4 aromatic rings. The second-order valence-corrected chi connectivity index (χ2v) is 9.19. The minimum atomic E-state index is -5.80. The van der Waals surface area contributed by atoms with E-state index in [9.17, 15) is 36.9 Å². The number of rotatable bonds is 6. The van der Waals surface area contributed by atoms with Crippen LogP contribution in [-0.2, 0) is 5.41 Å². The maximum Gasteiger partial charge on any atom is 0.411 e. The largest absolute Gasteiger partial charge is 0.456 e. The van der Waals surface area contributed by atoms with Crippen LogP contribution in [0.4, 0.5) is 26.3 Å². The molecule has 0 N–H and O–H groups in total. The molecular weight excluding hydrogens is 570 g/mol. The molecule has 0 heterocycles. The van der Waals surface area contributed by atoms with Gasteiger partial charge in [0, 0.05) is 0 Å². The maximum absolute atomic E-state index is 14.6. The Hall–Kier alpha value is -4.67. The fourth-order valence-corrected chi connectivity index (χ4v) is 4.56. The van der Waals surface area contributed by atoms with E-state index in [1.807, 2.05) is 12.1 Å². The minimum Gasteiger partial charge on any atom is -0.456 e. The molecule has 4 aromatic carbocycles. The smallest absolute Gasteiger partial charge is 0.411 e. The van der Waals surface area contributed by atoms with E-state index in [-0.39, 0.29) is 39.1 Å². The number of halogens is 7. The van der Waals surface area contributed by atoms with Crippen LogP contribution in [0, 0.1) is 29.6 Å². The van der Waals surface area contributed by atoms with E-state index in [1.165, 1.54) is 24.3 Å². The summed E-state index contributed by atoms with van der Waals surface area (Å²) in [4.78, 5) is 0. The summed E-state index contributed by atoms with van der Waals surface area (Å²) in [6.45, 7) is 1.66. The molecule has 0 bridgehead atoms. The molecule has 0 amide bonds. The molecule has 4 rings (SSSR count). The first-order valence-corrected chi connectivity index (χ1v) is 12.1. The lowest BCUT2D eigenvalue weighted by Crippen LogP contribution is -2.54. The third kappa shape index (κ3) is 5.39. The van der Waals surface area contributed by atoms with E-state index in [1.54, 1.807) is 19.1 Å². The molecule has 0 saturated carbocycles. The highest BCUT2D eigenvalue weighted by Crippen LogP contribution is 2.56. The molecule has 0 aliphatic heterocycles. The average molecular weight is 587 g/mol. The summed E-state index contributed by atoms with van der Waals surface area (Å²) < 4.78 is 98.4. The van der Waals surface area contributed by atoms with Crippen LogP contribution in [-0.4, -0.2) is 12.4 Å². The van der Waals surface area contributed by atoms with Gasteiger partial charge in [0.25, 0.3) is 0 Å². The third-order valence-corrected chi connectivity index (χ3v) is 6.63. The zero-order chi connectivity index (χ0) is 30.0. The van der Waals surface area contributed by atoms with Crippen LogP contribution in [0.5, 0.6) is 23.0 Å². The number of aryl methyl sites for hydroxylation is 1. The number of hydrogen-bond donors (Lipinski definition) is 0. The number of nitrogens with zero attached hydrogens (tertiary/aromatic N) is 2. The third-order valence-electron chi connectivity index (χ3n) is 6.31. The van der Waals surface area contributed by atoms with Crippen LogP contribution in [0.2, 0.25) is 5.02 Å². The van der Waals surface area contributed by atoms with E-state index in [4.69, 9.17) is 21.1 Å². The van der Waals surface area contributed by atoms with Gasteiger partial charge in [-0.1, -0.05) is 54.1 Å². The molecule has 0 unspecified atom stereocenters. The highest BCUT2D eigenvalue weighted by molar-refractivity contribution is 6.31. The Morgan fingerprint density at radius 1 is 0.610 bits per heavy atom. The van der Waals surface area contributed by atoms with Crippen molar-refractivity contribution in [3.8, 4) is 35.1 Å². The average Bonchev–Trinajstić information content (AvgIpc) is 2.90. The minimum absolute atomic E-state index is 0.0191. The lowest BCUT2D eigenvalue weighted by atomic mass is 9.73. The van der Waals surface area contributed by atoms with E-state index in [2.05, 4.69) is 0 Å². The van der Waals surface area contributed by atoms with Gasteiger partial charge in [-0.05, 0) is 66.1 Å². The van der Waals surface area contributed by atoms with Crippen molar-refractivity contribution in [1.29, 1.82) is 10.5 Å². The van der Waals surface area contributed by atoms with E-state index < -0.39 is 28.9 Å². The zero-order valence-corrected chi connectivity index (χ0v) is 21.7. The molecule has 0 fully saturated rings. The van der Waals surface area contributed by atoms with Crippen molar-refractivity contribution in [2.24, 2.45) is 0 Å². The number of nitriles is 2. The predicted molar refractivity (Wildman–Crippen MR) is 138 cm³/mol. The van der Waals surface area contributed by atoms with Crippen molar-refractivity contribution >= 4 is 11.6 Å². The fourth-order valence-electron chi connectivity index (χ4n) is 4.35. The molecule has 4 nitrogen and oxygen atoms in total. The maximum atomic E-state index is 14.6. The van der Waals surface area contributed by atoms with Gasteiger partial charge >= 0.3 is 12.4 Å². The molecule has 0 aliphatic rings. The summed E-state index contributed by atoms with van der Waals surface area (Å²) in [5.41, 5.74) is -5.88. The molecule has 41 heavy (non-hydrogen) atoms. The highest BCUT2D eigenvalue weighted by Gasteiger charge is 2.72. The van der Waals surface area contributed by atoms with E-state index >= 15 is 0 Å². The van der Waals surface area contributed by atoms with Gasteiger partial charge in [0.05, 0.1) is 10.6 Å². The SMILES string of the molecule is Cc1cccc(Oc2ccc(C(c3ccc(Oc4cccc(Cl)c4C#N)cc3)(C(F)(F)F)C(F)(F)F)cc2)c1C#N. The standard InChI is InChI=1S/C30H17ClF6N2O2/c1-18-4-2-6-26(23(18)16-38)40-21-12-8-19(9-13-21)28(29(32,33)34,30(35,36)37)20-10-14-22(15-11-20)41-27-7-3-5-25(31)24(27)17-39/h2-15H,1H3. The van der Waals surface area contributed by atoms with Gasteiger partial charge in [-0.3, -0.25) is 0 Å². The van der Waals surface area contributed by atoms with Crippen LogP contribution in [0.25, 0.3) is 0 Å². The van der Waals surface area contributed by atoms with Crippen LogP contribution < -0.4 is 9.47 Å². The molecule has 0 atom stereocenters. The quantitative estimate of drug-likeness (QED) is 0.211. The first kappa shape index (κ1) is 29.3. The molecule has 0 radical (unpaired) electrons. The predicted octanol–water partition coefficient (Wildman–Crippen LogP) is 9.39. The molecule has 208 valence electrons. The van der Waals surface area contributed by atoms with E-state index in [0.29, 0.717) is 29.8 Å². The van der Waals surface area contributed by atoms with Crippen molar-refractivity contribution < 1.29 is 35.8 Å². The zero-order valence-electron chi connectivity index (χ0n) is 20.9. The summed E-state index contributed by atoms with van der Waals surface area (Å²) in [6.07, 6.45) is -11.6. The van der Waals surface area contributed by atoms with Gasteiger partial charge in [0.2, 0.25) is 5.41 Å². The van der Waals surface area contributed by atoms with Crippen LogP contribution in [0.3, 0.4) is 0 Å². The van der Waals surface area contributed by atoms with Gasteiger partial charge in [-0.25, -0.2) is 0 Å². The second kappa shape index (κ2) is 11.1. The van der Waals surface area contributed by atoms with Gasteiger partial charge in [0.1, 0.15) is 40.7 Å². The summed E-state index contributed by atoms with van der Waals surface area (Å²) in [5, 5.41) is 18.7. The number of hydrogen-bond acceptors (Lipinski definition) is 4. The highest BCUT2D eigenvalue weighted by atomic mass is 35.5. The van der Waals surface area contributed by atoms with Crippen molar-refractivity contribution in [3.63, 3.8) is 0 Å². The molecule has 0 aromatic heterocycles. The summed E-state index contributed by atoms with van der Waals surface area (Å²) in [5.74, 6) is -0.0870. The summed E-state index contributed by atoms with van der Waals surface area (Å²) >= 11 is 5.95. The lowest BCUT2D eigenvalue weighted by molar-refractivity contribution is -0.288. The Morgan fingerprint density at radius 3 is 1.44 bits per heavy atom. The lowest BCUT2D eigenvalue weighted by Gasteiger charge is -2.38. The van der Waals surface area contributed by atoms with Gasteiger partial charge in [-0.15, -0.1) is 0 Å². The second-order valence-electron chi connectivity index (χ2n) is 8.78. The van der Waals surface area contributed by atoms with E-state index in [0.717, 1.165) is 24.3 Å².